The number of carbonyl (C=O) groups is 2. The van der Waals surface area contributed by atoms with Crippen LogP contribution in [-0.2, 0) is 14.9 Å². The topological polar surface area (TPSA) is 64.6 Å². The molecular formula is C25H31NO4. The van der Waals surface area contributed by atoms with Crippen LogP contribution in [0.5, 0.6) is 5.75 Å². The van der Waals surface area contributed by atoms with Crippen molar-refractivity contribution in [2.24, 2.45) is 0 Å². The predicted molar refractivity (Wildman–Crippen MR) is 118 cm³/mol. The molecule has 2 aromatic carbocycles. The molecule has 30 heavy (non-hydrogen) atoms. The minimum atomic E-state index is -0.538. The molecule has 0 aliphatic heterocycles. The first-order valence-corrected chi connectivity index (χ1v) is 10.7. The third kappa shape index (κ3) is 4.50. The number of carbonyl (C=O) groups excluding carboxylic acids is 2. The average Bonchev–Trinajstić information content (AvgIpc) is 3.25. The minimum Gasteiger partial charge on any atom is -0.490 e. The van der Waals surface area contributed by atoms with Crippen molar-refractivity contribution in [1.82, 2.24) is 0 Å². The quantitative estimate of drug-likeness (QED) is 0.621. The molecule has 1 fully saturated rings. The molecular weight excluding hydrogens is 378 g/mol. The fourth-order valence-corrected chi connectivity index (χ4v) is 4.10. The van der Waals surface area contributed by atoms with Crippen molar-refractivity contribution in [3.8, 4) is 5.75 Å². The number of nitrogens with one attached hydrogen (secondary N) is 1. The van der Waals surface area contributed by atoms with Gasteiger partial charge >= 0.3 is 5.97 Å². The lowest BCUT2D eigenvalue weighted by Crippen LogP contribution is -2.38. The zero-order valence-electron chi connectivity index (χ0n) is 18.3. The smallest absolute Gasteiger partial charge is 0.341 e. The maximum absolute atomic E-state index is 13.4. The van der Waals surface area contributed by atoms with Gasteiger partial charge in [0.25, 0.3) is 0 Å². The maximum Gasteiger partial charge on any atom is 0.341 e. The van der Waals surface area contributed by atoms with Gasteiger partial charge in [-0.3, -0.25) is 4.79 Å². The van der Waals surface area contributed by atoms with E-state index in [-0.39, 0.29) is 12.0 Å². The third-order valence-corrected chi connectivity index (χ3v) is 6.01. The number of amides is 1. The van der Waals surface area contributed by atoms with Crippen molar-refractivity contribution in [3.05, 3.63) is 59.2 Å². The number of esters is 1. The van der Waals surface area contributed by atoms with Crippen molar-refractivity contribution in [2.45, 2.75) is 64.4 Å². The molecule has 0 heterocycles. The molecule has 0 spiro atoms. The molecule has 2 aromatic rings. The Hall–Kier alpha value is -2.82. The number of hydrogen-bond acceptors (Lipinski definition) is 4. The van der Waals surface area contributed by atoms with Crippen LogP contribution in [-0.4, -0.2) is 25.1 Å². The van der Waals surface area contributed by atoms with E-state index in [1.54, 1.807) is 18.2 Å². The Bertz CT molecular complexity index is 915. The Morgan fingerprint density at radius 2 is 1.87 bits per heavy atom. The molecule has 1 aliphatic carbocycles. The number of hydrogen-bond donors (Lipinski definition) is 1. The first-order valence-electron chi connectivity index (χ1n) is 10.7. The van der Waals surface area contributed by atoms with Gasteiger partial charge in [-0.05, 0) is 56.9 Å². The van der Waals surface area contributed by atoms with Gasteiger partial charge in [0.1, 0.15) is 11.3 Å². The monoisotopic (exact) mass is 409 g/mol. The number of benzene rings is 2. The van der Waals surface area contributed by atoms with E-state index in [0.717, 1.165) is 43.2 Å². The predicted octanol–water partition coefficient (Wildman–Crippen LogP) is 5.41. The summed E-state index contributed by atoms with van der Waals surface area (Å²) in [5, 5.41) is 3.05. The zero-order valence-corrected chi connectivity index (χ0v) is 18.3. The normalized spacial score (nSPS) is 16.0. The number of anilines is 1. The lowest BCUT2D eigenvalue weighted by Gasteiger charge is -2.29. The number of aryl methyl sites for hydroxylation is 1. The number of methoxy groups -OCH3 is 1. The first-order chi connectivity index (χ1) is 14.4. The van der Waals surface area contributed by atoms with Crippen LogP contribution in [0, 0.1) is 6.92 Å². The largest absolute Gasteiger partial charge is 0.490 e. The van der Waals surface area contributed by atoms with Crippen LogP contribution in [0.25, 0.3) is 0 Å². The lowest BCUT2D eigenvalue weighted by molar-refractivity contribution is -0.121. The molecule has 3 rings (SSSR count). The summed E-state index contributed by atoms with van der Waals surface area (Å²) in [5.74, 6) is -0.0564. The molecule has 5 heteroatoms. The maximum atomic E-state index is 13.4. The lowest BCUT2D eigenvalue weighted by atomic mass is 9.77. The summed E-state index contributed by atoms with van der Waals surface area (Å²) < 4.78 is 10.8. The van der Waals surface area contributed by atoms with Gasteiger partial charge < -0.3 is 14.8 Å². The van der Waals surface area contributed by atoms with Crippen molar-refractivity contribution in [3.63, 3.8) is 0 Å². The van der Waals surface area contributed by atoms with Gasteiger partial charge in [0.2, 0.25) is 5.91 Å². The van der Waals surface area contributed by atoms with E-state index in [4.69, 9.17) is 9.47 Å². The second-order valence-corrected chi connectivity index (χ2v) is 8.15. The van der Waals surface area contributed by atoms with E-state index < -0.39 is 11.4 Å². The van der Waals surface area contributed by atoms with Crippen LogP contribution in [0.4, 0.5) is 5.69 Å². The highest BCUT2D eigenvalue weighted by atomic mass is 16.5. The van der Waals surface area contributed by atoms with Gasteiger partial charge in [0.15, 0.2) is 0 Å². The van der Waals surface area contributed by atoms with E-state index in [9.17, 15) is 9.59 Å². The van der Waals surface area contributed by atoms with Crippen LogP contribution >= 0.6 is 0 Å². The Balaban J connectivity index is 1.90. The third-order valence-electron chi connectivity index (χ3n) is 6.01. The van der Waals surface area contributed by atoms with Crippen molar-refractivity contribution >= 4 is 17.6 Å². The van der Waals surface area contributed by atoms with E-state index in [1.807, 2.05) is 39.0 Å². The fraction of sp³-hybridized carbons (Fsp3) is 0.440. The Labute approximate surface area is 178 Å². The van der Waals surface area contributed by atoms with E-state index >= 15 is 0 Å². The summed E-state index contributed by atoms with van der Waals surface area (Å²) >= 11 is 0. The van der Waals surface area contributed by atoms with Crippen LogP contribution in [0.2, 0.25) is 0 Å². The summed E-state index contributed by atoms with van der Waals surface area (Å²) in [5.41, 5.74) is 2.54. The van der Waals surface area contributed by atoms with Crippen molar-refractivity contribution < 1.29 is 19.1 Å². The Kier molecular flexibility index (Phi) is 6.80. The minimum absolute atomic E-state index is 0.0305. The van der Waals surface area contributed by atoms with E-state index in [0.29, 0.717) is 17.0 Å². The first kappa shape index (κ1) is 21.9. The number of rotatable bonds is 7. The van der Waals surface area contributed by atoms with E-state index in [2.05, 4.69) is 11.4 Å². The van der Waals surface area contributed by atoms with Crippen LogP contribution in [0.1, 0.15) is 67.4 Å². The molecule has 0 radical (unpaired) electrons. The molecule has 0 saturated heterocycles. The SMILES string of the molecule is CCC(C)Oc1ccc(NC(=O)C2(c3cccc(C)c3)CCCC2)cc1C(=O)OC. The van der Waals surface area contributed by atoms with Gasteiger partial charge in [-0.25, -0.2) is 4.79 Å². The summed E-state index contributed by atoms with van der Waals surface area (Å²) in [6.07, 6.45) is 4.48. The highest BCUT2D eigenvalue weighted by molar-refractivity contribution is 6.01. The highest BCUT2D eigenvalue weighted by Crippen LogP contribution is 2.42. The molecule has 1 amide bonds. The number of ether oxygens (including phenoxy) is 2. The Morgan fingerprint density at radius 1 is 1.13 bits per heavy atom. The molecule has 0 aromatic heterocycles. The highest BCUT2D eigenvalue weighted by Gasteiger charge is 2.42. The molecule has 160 valence electrons. The molecule has 0 bridgehead atoms. The van der Waals surface area contributed by atoms with E-state index in [1.165, 1.54) is 7.11 Å². The molecule has 1 unspecified atom stereocenters. The van der Waals surface area contributed by atoms with Gasteiger partial charge in [-0.2, -0.15) is 0 Å². The second kappa shape index (κ2) is 9.33. The summed E-state index contributed by atoms with van der Waals surface area (Å²) in [6.45, 7) is 6.01. The molecule has 1 saturated carbocycles. The molecule has 1 aliphatic rings. The van der Waals surface area contributed by atoms with Gasteiger partial charge in [0.05, 0.1) is 18.6 Å². The van der Waals surface area contributed by atoms with Crippen LogP contribution in [0.15, 0.2) is 42.5 Å². The summed E-state index contributed by atoms with van der Waals surface area (Å²) in [4.78, 5) is 25.8. The molecule has 1 N–H and O–H groups in total. The van der Waals surface area contributed by atoms with Gasteiger partial charge in [-0.1, -0.05) is 49.6 Å². The van der Waals surface area contributed by atoms with Crippen molar-refractivity contribution in [2.75, 3.05) is 12.4 Å². The molecule has 5 nitrogen and oxygen atoms in total. The van der Waals surface area contributed by atoms with Crippen molar-refractivity contribution in [1.29, 1.82) is 0 Å². The zero-order chi connectivity index (χ0) is 21.7. The molecule has 1 atom stereocenters. The Morgan fingerprint density at radius 3 is 2.50 bits per heavy atom. The van der Waals surface area contributed by atoms with Gasteiger partial charge in [-0.15, -0.1) is 0 Å². The van der Waals surface area contributed by atoms with Crippen LogP contribution < -0.4 is 10.1 Å². The fourth-order valence-electron chi connectivity index (χ4n) is 4.10. The summed E-state index contributed by atoms with van der Waals surface area (Å²) in [7, 11) is 1.34. The van der Waals surface area contributed by atoms with Gasteiger partial charge in [0, 0.05) is 5.69 Å². The van der Waals surface area contributed by atoms with Crippen LogP contribution in [0.3, 0.4) is 0 Å². The standard InChI is InChI=1S/C25H31NO4/c1-5-18(3)30-22-12-11-20(16-21(22)23(27)29-4)26-24(28)25(13-6-7-14-25)19-10-8-9-17(2)15-19/h8-12,15-16,18H,5-7,13-14H2,1-4H3,(H,26,28). The summed E-state index contributed by atoms with van der Waals surface area (Å²) in [6, 6.07) is 13.3. The second-order valence-electron chi connectivity index (χ2n) is 8.15. The average molecular weight is 410 g/mol.